The standard InChI is InChI=1S/C25H15B6F4N5O4/c1-36-21(42)18-13-4-2-10(7-17(13)39-40-18)11-6-15(22(37-9-11)44-24(29,30)31)20(41)38-19(23(26,27)28)14-8-12(3-5-16(14)32)43-25(33,34)35/h2-9,19H,1H3,(H,36,42)(H,38,41)(H,39,40). The summed E-state index contributed by atoms with van der Waals surface area (Å²) in [4.78, 5) is 29.8. The Hall–Kier alpha value is -4.29. The number of aromatic amines is 1. The highest BCUT2D eigenvalue weighted by Crippen LogP contribution is 2.37. The Morgan fingerprint density at radius 1 is 0.932 bits per heavy atom. The van der Waals surface area contributed by atoms with Gasteiger partial charge in [0.25, 0.3) is 11.8 Å². The Bertz CT molecular complexity index is 1730. The Morgan fingerprint density at radius 3 is 2.25 bits per heavy atom. The molecule has 1 atom stereocenters. The number of benzene rings is 2. The first-order valence-corrected chi connectivity index (χ1v) is 12.3. The third-order valence-corrected chi connectivity index (χ3v) is 6.00. The largest absolute Gasteiger partial charge is 0.573 e. The second kappa shape index (κ2) is 12.0. The van der Waals surface area contributed by atoms with E-state index in [0.29, 0.717) is 40.2 Å². The number of hydrogen-bond acceptors (Lipinski definition) is 6. The van der Waals surface area contributed by atoms with E-state index >= 15 is 0 Å². The molecule has 1 unspecified atom stereocenters. The molecule has 0 spiro atoms. The van der Waals surface area contributed by atoms with E-state index in [1.807, 2.05) is 0 Å². The van der Waals surface area contributed by atoms with Gasteiger partial charge in [0.1, 0.15) is 40.7 Å². The van der Waals surface area contributed by atoms with E-state index in [-0.39, 0.29) is 11.3 Å². The van der Waals surface area contributed by atoms with Crippen LogP contribution in [-0.2, 0) is 0 Å². The van der Waals surface area contributed by atoms with Gasteiger partial charge in [-0.2, -0.15) is 5.10 Å². The summed E-state index contributed by atoms with van der Waals surface area (Å²) in [6, 6.07) is 6.22. The minimum atomic E-state index is -5.11. The molecule has 0 saturated carbocycles. The number of aromatic nitrogens is 3. The number of H-pyrrole nitrogens is 1. The molecule has 4 rings (SSSR count). The lowest BCUT2D eigenvalue weighted by molar-refractivity contribution is -0.274. The van der Waals surface area contributed by atoms with Gasteiger partial charge in [-0.3, -0.25) is 14.7 Å². The van der Waals surface area contributed by atoms with Gasteiger partial charge in [0, 0.05) is 35.8 Å². The Kier molecular flexibility index (Phi) is 8.90. The second-order valence-corrected chi connectivity index (χ2v) is 9.58. The number of rotatable bonds is 9. The number of halogens is 4. The molecule has 2 heterocycles. The van der Waals surface area contributed by atoms with Crippen LogP contribution in [0.25, 0.3) is 22.0 Å². The second-order valence-electron chi connectivity index (χ2n) is 9.58. The van der Waals surface area contributed by atoms with Gasteiger partial charge < -0.3 is 20.1 Å². The van der Waals surface area contributed by atoms with Crippen LogP contribution in [-0.4, -0.2) is 92.8 Å². The van der Waals surface area contributed by atoms with E-state index in [2.05, 4.69) is 30.6 Å². The van der Waals surface area contributed by atoms with E-state index < -0.39 is 57.6 Å². The summed E-state index contributed by atoms with van der Waals surface area (Å²) in [5.74, 6) is -3.96. The number of hydrogen-bond donors (Lipinski definition) is 3. The predicted molar refractivity (Wildman–Crippen MR) is 157 cm³/mol. The van der Waals surface area contributed by atoms with Crippen molar-refractivity contribution in [1.29, 1.82) is 0 Å². The molecule has 2 aromatic carbocycles. The molecule has 44 heavy (non-hydrogen) atoms. The fraction of sp³-hybridized carbons (Fsp3) is 0.200. The Morgan fingerprint density at radius 2 is 1.64 bits per heavy atom. The third-order valence-electron chi connectivity index (χ3n) is 6.00. The van der Waals surface area contributed by atoms with Gasteiger partial charge >= 0.3 is 6.36 Å². The van der Waals surface area contributed by atoms with Crippen molar-refractivity contribution in [3.8, 4) is 22.8 Å². The van der Waals surface area contributed by atoms with Gasteiger partial charge in [0.2, 0.25) is 5.88 Å². The number of carbonyl (C=O) groups excluding carboxylic acids is 2. The van der Waals surface area contributed by atoms with Gasteiger partial charge in [0.05, 0.1) is 29.1 Å². The summed E-state index contributed by atoms with van der Waals surface area (Å²) in [5.41, 5.74) is 0.372. The molecule has 12 radical (unpaired) electrons. The molecule has 2 amide bonds. The number of amides is 2. The molecule has 0 aliphatic rings. The monoisotopic (exact) mass is 591 g/mol. The fourth-order valence-electron chi connectivity index (χ4n) is 4.13. The summed E-state index contributed by atoms with van der Waals surface area (Å²) in [5, 5.41) is 7.26. The summed E-state index contributed by atoms with van der Waals surface area (Å²) in [7, 11) is 35.5. The minimum absolute atomic E-state index is 0.151. The average Bonchev–Trinajstić information content (AvgIpc) is 3.33. The number of alkyl halides is 3. The molecule has 0 aliphatic carbocycles. The van der Waals surface area contributed by atoms with Crippen LogP contribution < -0.4 is 20.1 Å². The van der Waals surface area contributed by atoms with Crippen LogP contribution in [0.15, 0.2) is 48.7 Å². The lowest BCUT2D eigenvalue weighted by Gasteiger charge is -2.34. The van der Waals surface area contributed by atoms with Crippen LogP contribution in [0.3, 0.4) is 0 Å². The van der Waals surface area contributed by atoms with Crippen molar-refractivity contribution in [3.63, 3.8) is 0 Å². The maximum Gasteiger partial charge on any atom is 0.573 e. The van der Waals surface area contributed by atoms with Gasteiger partial charge in [-0.05, 0) is 47.3 Å². The molecule has 2 aromatic heterocycles. The number of fused-ring (bicyclic) bond motifs is 1. The summed E-state index contributed by atoms with van der Waals surface area (Å²) < 4.78 is 62.3. The number of pyridine rings is 1. The van der Waals surface area contributed by atoms with E-state index in [1.165, 1.54) is 19.3 Å². The van der Waals surface area contributed by atoms with Gasteiger partial charge in [-0.1, -0.05) is 6.07 Å². The maximum atomic E-state index is 14.9. The smallest absolute Gasteiger partial charge is 0.500 e. The van der Waals surface area contributed by atoms with Crippen molar-refractivity contribution in [2.24, 2.45) is 0 Å². The van der Waals surface area contributed by atoms with Gasteiger partial charge in [0.15, 0.2) is 5.69 Å². The first-order valence-electron chi connectivity index (χ1n) is 12.3. The minimum Gasteiger partial charge on any atom is -0.500 e. The van der Waals surface area contributed by atoms with Crippen LogP contribution >= 0.6 is 0 Å². The zero-order valence-electron chi connectivity index (χ0n) is 22.7. The van der Waals surface area contributed by atoms with Crippen LogP contribution in [0.5, 0.6) is 11.6 Å². The SMILES string of the molecule is [B]C([B])([B])Oc1ncc(-c2ccc3c(C(=O)NC)n[nH]c3c2)cc1C(=O)NC(c1cc(OC(F)(F)F)ccc1F)C([B])([B])[B]. The Balaban J connectivity index is 1.77. The van der Waals surface area contributed by atoms with Crippen LogP contribution in [0.2, 0.25) is 5.11 Å². The molecule has 4 aromatic rings. The van der Waals surface area contributed by atoms with E-state index in [1.54, 1.807) is 18.2 Å². The first kappa shape index (κ1) is 32.6. The average molecular weight is 590 g/mol. The van der Waals surface area contributed by atoms with E-state index in [0.717, 1.165) is 0 Å². The third kappa shape index (κ3) is 7.61. The molecule has 9 nitrogen and oxygen atoms in total. The van der Waals surface area contributed by atoms with Crippen LogP contribution in [0.4, 0.5) is 17.6 Å². The quantitative estimate of drug-likeness (QED) is 0.201. The highest BCUT2D eigenvalue weighted by Gasteiger charge is 2.34. The van der Waals surface area contributed by atoms with Crippen molar-refractivity contribution in [2.45, 2.75) is 22.8 Å². The molecule has 19 heteroatoms. The molecular formula is C25H15B6F4N5O4. The van der Waals surface area contributed by atoms with Crippen molar-refractivity contribution in [3.05, 3.63) is 71.3 Å². The molecule has 0 saturated heterocycles. The van der Waals surface area contributed by atoms with Crippen molar-refractivity contribution in [2.75, 3.05) is 7.05 Å². The van der Waals surface area contributed by atoms with Crippen molar-refractivity contribution >= 4 is 69.8 Å². The fourth-order valence-corrected chi connectivity index (χ4v) is 4.13. The molecule has 0 fully saturated rings. The topological polar surface area (TPSA) is 118 Å². The van der Waals surface area contributed by atoms with E-state index in [9.17, 15) is 27.2 Å². The van der Waals surface area contributed by atoms with E-state index in [4.69, 9.17) is 51.8 Å². The lowest BCUT2D eigenvalue weighted by Crippen LogP contribution is -2.41. The van der Waals surface area contributed by atoms with Crippen molar-refractivity contribution in [1.82, 2.24) is 25.8 Å². The van der Waals surface area contributed by atoms with Gasteiger partial charge in [-0.15, -0.1) is 18.3 Å². The summed E-state index contributed by atoms with van der Waals surface area (Å²) in [6.45, 7) is 0. The highest BCUT2D eigenvalue weighted by atomic mass is 19.4. The molecule has 0 aliphatic heterocycles. The number of nitrogens with zero attached hydrogens (tertiary/aromatic N) is 2. The zero-order chi connectivity index (χ0) is 32.6. The summed E-state index contributed by atoms with van der Waals surface area (Å²) in [6.07, 6.45) is -3.83. The zero-order valence-corrected chi connectivity index (χ0v) is 22.7. The predicted octanol–water partition coefficient (Wildman–Crippen LogP) is 1.57. The van der Waals surface area contributed by atoms with Crippen LogP contribution in [0, 0.1) is 5.82 Å². The maximum absolute atomic E-state index is 14.9. The number of carbonyl (C=O) groups is 2. The first-order chi connectivity index (χ1) is 20.4. The molecule has 210 valence electrons. The van der Waals surface area contributed by atoms with Crippen LogP contribution in [0.1, 0.15) is 32.5 Å². The normalized spacial score (nSPS) is 12.8. The molecule has 0 bridgehead atoms. The Labute approximate surface area is 256 Å². The molecular weight excluding hydrogens is 575 g/mol. The molecule has 3 N–H and O–H groups in total. The summed E-state index contributed by atoms with van der Waals surface area (Å²) >= 11 is 0. The number of nitrogens with one attached hydrogen (secondary N) is 3. The van der Waals surface area contributed by atoms with Gasteiger partial charge in [-0.25, -0.2) is 9.37 Å². The highest BCUT2D eigenvalue weighted by molar-refractivity contribution is 6.59. The van der Waals surface area contributed by atoms with Crippen molar-refractivity contribution < 1.29 is 36.6 Å². The lowest BCUT2D eigenvalue weighted by atomic mass is 9.39. The number of ether oxygens (including phenoxy) is 2.